The summed E-state index contributed by atoms with van der Waals surface area (Å²) in [4.78, 5) is 23.0. The summed E-state index contributed by atoms with van der Waals surface area (Å²) in [7, 11) is 0. The number of hydrogen-bond acceptors (Lipinski definition) is 6. The maximum atomic E-state index is 12.7. The lowest BCUT2D eigenvalue weighted by atomic mass is 10.2. The van der Waals surface area contributed by atoms with Gasteiger partial charge in [-0.25, -0.2) is 9.97 Å². The molecule has 0 spiro atoms. The van der Waals surface area contributed by atoms with E-state index in [0.29, 0.717) is 23.1 Å². The minimum absolute atomic E-state index is 0.0449. The zero-order valence-corrected chi connectivity index (χ0v) is 15.4. The number of rotatable bonds is 5. The number of anilines is 2. The van der Waals surface area contributed by atoms with Crippen LogP contribution in [0.1, 0.15) is 10.4 Å². The van der Waals surface area contributed by atoms with Crippen LogP contribution in [0.5, 0.6) is 11.6 Å². The third-order valence-corrected chi connectivity index (χ3v) is 5.01. The molecular weight excluding hydrogens is 360 g/mol. The van der Waals surface area contributed by atoms with Crippen LogP contribution in [-0.2, 0) is 0 Å². The summed E-state index contributed by atoms with van der Waals surface area (Å²) in [6, 6.07) is 16.7. The highest BCUT2D eigenvalue weighted by Crippen LogP contribution is 2.27. The predicted molar refractivity (Wildman–Crippen MR) is 107 cm³/mol. The maximum absolute atomic E-state index is 12.7. The van der Waals surface area contributed by atoms with Gasteiger partial charge in [-0.05, 0) is 48.5 Å². The Balaban J connectivity index is 1.48. The monoisotopic (exact) mass is 378 g/mol. The molecule has 1 amide bonds. The fourth-order valence-corrected chi connectivity index (χ4v) is 3.63. The molecule has 1 aliphatic heterocycles. The molecule has 1 aliphatic rings. The molecule has 27 heavy (non-hydrogen) atoms. The molecule has 4 rings (SSSR count). The number of carbonyl (C=O) groups excluding carboxylic acids is 1. The van der Waals surface area contributed by atoms with Crippen molar-refractivity contribution in [3.05, 3.63) is 72.6 Å². The number of carbonyl (C=O) groups is 1. The second-order valence-corrected chi connectivity index (χ2v) is 7.00. The SMILES string of the molecule is O=C(c1cccnc1Oc1ccc(Nc2ccccn2)cc1)N1CCSC1. The molecule has 1 fully saturated rings. The summed E-state index contributed by atoms with van der Waals surface area (Å²) >= 11 is 1.75. The van der Waals surface area contributed by atoms with E-state index in [2.05, 4.69) is 15.3 Å². The van der Waals surface area contributed by atoms with Crippen LogP contribution in [0.3, 0.4) is 0 Å². The Morgan fingerprint density at radius 1 is 1.04 bits per heavy atom. The van der Waals surface area contributed by atoms with E-state index in [1.807, 2.05) is 47.4 Å². The molecular formula is C20H18N4O2S. The molecule has 6 nitrogen and oxygen atoms in total. The van der Waals surface area contributed by atoms with E-state index in [9.17, 15) is 4.79 Å². The van der Waals surface area contributed by atoms with Gasteiger partial charge in [0, 0.05) is 30.4 Å². The van der Waals surface area contributed by atoms with E-state index in [0.717, 1.165) is 23.8 Å². The quantitative estimate of drug-likeness (QED) is 0.719. The lowest BCUT2D eigenvalue weighted by Crippen LogP contribution is -2.28. The number of amides is 1. The number of ether oxygens (including phenoxy) is 1. The first-order valence-corrected chi connectivity index (χ1v) is 9.73. The Hall–Kier alpha value is -3.06. The molecule has 1 saturated heterocycles. The lowest BCUT2D eigenvalue weighted by molar-refractivity contribution is 0.0799. The van der Waals surface area contributed by atoms with Crippen LogP contribution < -0.4 is 10.1 Å². The molecule has 0 atom stereocenters. The van der Waals surface area contributed by atoms with E-state index in [1.54, 1.807) is 36.3 Å². The van der Waals surface area contributed by atoms with Crippen molar-refractivity contribution in [3.63, 3.8) is 0 Å². The summed E-state index contributed by atoms with van der Waals surface area (Å²) < 4.78 is 5.89. The zero-order valence-electron chi connectivity index (χ0n) is 14.5. The molecule has 0 bridgehead atoms. The maximum Gasteiger partial charge on any atom is 0.260 e. The fourth-order valence-electron chi connectivity index (χ4n) is 2.68. The number of pyridine rings is 2. The lowest BCUT2D eigenvalue weighted by Gasteiger charge is -2.16. The summed E-state index contributed by atoms with van der Waals surface area (Å²) in [5.74, 6) is 3.34. The van der Waals surface area contributed by atoms with Crippen molar-refractivity contribution >= 4 is 29.2 Å². The molecule has 0 saturated carbocycles. The van der Waals surface area contributed by atoms with Crippen LogP contribution in [0.2, 0.25) is 0 Å². The van der Waals surface area contributed by atoms with Crippen LogP contribution in [0.4, 0.5) is 11.5 Å². The van der Waals surface area contributed by atoms with Gasteiger partial charge in [0.15, 0.2) is 0 Å². The first-order chi connectivity index (χ1) is 13.3. The van der Waals surface area contributed by atoms with Crippen LogP contribution in [-0.4, -0.2) is 38.9 Å². The van der Waals surface area contributed by atoms with Crippen LogP contribution in [0.15, 0.2) is 67.0 Å². The molecule has 0 aliphatic carbocycles. The minimum Gasteiger partial charge on any atom is -0.438 e. The number of hydrogen-bond donors (Lipinski definition) is 1. The van der Waals surface area contributed by atoms with Crippen molar-refractivity contribution in [3.8, 4) is 11.6 Å². The second-order valence-electron chi connectivity index (χ2n) is 5.93. The average molecular weight is 378 g/mol. The van der Waals surface area contributed by atoms with Gasteiger partial charge in [0.25, 0.3) is 5.91 Å². The Morgan fingerprint density at radius 3 is 2.63 bits per heavy atom. The van der Waals surface area contributed by atoms with Gasteiger partial charge in [-0.3, -0.25) is 4.79 Å². The predicted octanol–water partition coefficient (Wildman–Crippen LogP) is 4.16. The second kappa shape index (κ2) is 8.09. The Bertz CT molecular complexity index is 913. The van der Waals surface area contributed by atoms with Crippen molar-refractivity contribution in [2.24, 2.45) is 0 Å². The van der Waals surface area contributed by atoms with E-state index in [4.69, 9.17) is 4.74 Å². The topological polar surface area (TPSA) is 67.3 Å². The van der Waals surface area contributed by atoms with E-state index < -0.39 is 0 Å². The van der Waals surface area contributed by atoms with Crippen molar-refractivity contribution in [2.45, 2.75) is 0 Å². The molecule has 3 heterocycles. The summed E-state index contributed by atoms with van der Waals surface area (Å²) in [5.41, 5.74) is 1.38. The molecule has 2 aromatic heterocycles. The molecule has 3 aromatic rings. The smallest absolute Gasteiger partial charge is 0.260 e. The van der Waals surface area contributed by atoms with Gasteiger partial charge in [-0.2, -0.15) is 0 Å². The van der Waals surface area contributed by atoms with E-state index in [1.165, 1.54) is 0 Å². The van der Waals surface area contributed by atoms with Crippen molar-refractivity contribution in [1.29, 1.82) is 0 Å². The van der Waals surface area contributed by atoms with Crippen molar-refractivity contribution < 1.29 is 9.53 Å². The summed E-state index contributed by atoms with van der Waals surface area (Å²) in [6.45, 7) is 0.756. The standard InChI is InChI=1S/C20H18N4O2S/c25-20(24-12-13-27-14-24)17-4-3-11-22-19(17)26-16-8-6-15(7-9-16)23-18-5-1-2-10-21-18/h1-11H,12-14H2,(H,21,23). The number of nitrogens with zero attached hydrogens (tertiary/aromatic N) is 3. The van der Waals surface area contributed by atoms with Gasteiger partial charge in [0.05, 0.1) is 5.88 Å². The van der Waals surface area contributed by atoms with Crippen LogP contribution in [0, 0.1) is 0 Å². The molecule has 0 unspecified atom stereocenters. The van der Waals surface area contributed by atoms with Gasteiger partial charge in [-0.15, -0.1) is 11.8 Å². The summed E-state index contributed by atoms with van der Waals surface area (Å²) in [6.07, 6.45) is 3.36. The number of nitrogens with one attached hydrogen (secondary N) is 1. The highest BCUT2D eigenvalue weighted by atomic mass is 32.2. The summed E-state index contributed by atoms with van der Waals surface area (Å²) in [5, 5.41) is 3.22. The Labute approximate surface area is 161 Å². The number of aromatic nitrogens is 2. The minimum atomic E-state index is -0.0449. The van der Waals surface area contributed by atoms with Crippen LogP contribution in [0.25, 0.3) is 0 Å². The van der Waals surface area contributed by atoms with Gasteiger partial charge < -0.3 is 15.0 Å². The molecule has 1 aromatic carbocycles. The average Bonchev–Trinajstić information content (AvgIpc) is 3.25. The van der Waals surface area contributed by atoms with Gasteiger partial charge in [-0.1, -0.05) is 6.07 Å². The highest BCUT2D eigenvalue weighted by Gasteiger charge is 2.23. The Morgan fingerprint density at radius 2 is 1.89 bits per heavy atom. The normalized spacial score (nSPS) is 13.4. The van der Waals surface area contributed by atoms with Crippen molar-refractivity contribution in [2.75, 3.05) is 23.5 Å². The van der Waals surface area contributed by atoms with Crippen molar-refractivity contribution in [1.82, 2.24) is 14.9 Å². The van der Waals surface area contributed by atoms with Gasteiger partial charge in [0.1, 0.15) is 17.1 Å². The fraction of sp³-hybridized carbons (Fsp3) is 0.150. The highest BCUT2D eigenvalue weighted by molar-refractivity contribution is 7.99. The molecule has 0 radical (unpaired) electrons. The van der Waals surface area contributed by atoms with Crippen LogP contribution >= 0.6 is 11.8 Å². The molecule has 136 valence electrons. The van der Waals surface area contributed by atoms with Gasteiger partial charge in [0.2, 0.25) is 5.88 Å². The third-order valence-electron chi connectivity index (χ3n) is 4.05. The number of thioether (sulfide) groups is 1. The zero-order chi connectivity index (χ0) is 18.5. The van der Waals surface area contributed by atoms with E-state index in [-0.39, 0.29) is 5.91 Å². The van der Waals surface area contributed by atoms with E-state index >= 15 is 0 Å². The first-order valence-electron chi connectivity index (χ1n) is 8.57. The largest absolute Gasteiger partial charge is 0.438 e. The molecule has 7 heteroatoms. The Kier molecular flexibility index (Phi) is 5.20. The molecule has 1 N–H and O–H groups in total. The van der Waals surface area contributed by atoms with Gasteiger partial charge >= 0.3 is 0 Å². The third kappa shape index (κ3) is 4.20. The first kappa shape index (κ1) is 17.4. The number of benzene rings is 1.